The van der Waals surface area contributed by atoms with Gasteiger partial charge in [-0.05, 0) is 44.9 Å². The van der Waals surface area contributed by atoms with Crippen molar-refractivity contribution in [3.05, 3.63) is 0 Å². The highest BCUT2D eigenvalue weighted by Crippen LogP contribution is 2.46. The predicted molar refractivity (Wildman–Crippen MR) is 75.7 cm³/mol. The van der Waals surface area contributed by atoms with Gasteiger partial charge >= 0.3 is 0 Å². The maximum Gasteiger partial charge on any atom is 0.242 e. The summed E-state index contributed by atoms with van der Waals surface area (Å²) in [5.41, 5.74) is 5.18. The van der Waals surface area contributed by atoms with Crippen LogP contribution >= 0.6 is 0 Å². The number of fused-ring (bicyclic) bond motifs is 2. The van der Waals surface area contributed by atoms with Crippen LogP contribution in [-0.2, 0) is 4.79 Å². The average molecular weight is 265 g/mol. The topological polar surface area (TPSA) is 49.6 Å². The summed E-state index contributed by atoms with van der Waals surface area (Å²) in [4.78, 5) is 16.7. The molecule has 0 aromatic heterocycles. The smallest absolute Gasteiger partial charge is 0.242 e. The van der Waals surface area contributed by atoms with Crippen LogP contribution in [0.3, 0.4) is 0 Å². The zero-order valence-electron chi connectivity index (χ0n) is 12.3. The lowest BCUT2D eigenvalue weighted by atomic mass is 9.93. The van der Waals surface area contributed by atoms with Crippen molar-refractivity contribution >= 4 is 5.91 Å². The molecule has 4 nitrogen and oxygen atoms in total. The minimum atomic E-state index is -0.728. The highest BCUT2D eigenvalue weighted by atomic mass is 16.2. The molecule has 1 aliphatic heterocycles. The molecule has 1 saturated heterocycles. The standard InChI is InChI=1S/C15H27N3O/c1-15(2,16)14(19)18-7-5-17(6-8-18)13-10-11-3-4-12(13)9-11/h11-13H,3-10,16H2,1-2H3. The number of rotatable bonds is 2. The Balaban J connectivity index is 1.54. The van der Waals surface area contributed by atoms with E-state index in [1.165, 1.54) is 25.7 Å². The van der Waals surface area contributed by atoms with Gasteiger partial charge in [-0.25, -0.2) is 0 Å². The third-order valence-electron chi connectivity index (χ3n) is 5.32. The van der Waals surface area contributed by atoms with E-state index in [-0.39, 0.29) is 5.91 Å². The normalized spacial score (nSPS) is 35.9. The van der Waals surface area contributed by atoms with Crippen LogP contribution in [0.5, 0.6) is 0 Å². The van der Waals surface area contributed by atoms with Crippen molar-refractivity contribution in [3.8, 4) is 0 Å². The molecule has 2 aliphatic carbocycles. The van der Waals surface area contributed by atoms with Crippen LogP contribution in [0, 0.1) is 11.8 Å². The fourth-order valence-corrected chi connectivity index (χ4v) is 4.32. The van der Waals surface area contributed by atoms with Gasteiger partial charge in [0.2, 0.25) is 5.91 Å². The second-order valence-corrected chi connectivity index (χ2v) is 7.29. The summed E-state index contributed by atoms with van der Waals surface area (Å²) < 4.78 is 0. The lowest BCUT2D eigenvalue weighted by molar-refractivity contribution is -0.138. The van der Waals surface area contributed by atoms with Gasteiger partial charge in [-0.1, -0.05) is 6.42 Å². The first-order valence-electron chi connectivity index (χ1n) is 7.77. The van der Waals surface area contributed by atoms with Crippen molar-refractivity contribution < 1.29 is 4.79 Å². The van der Waals surface area contributed by atoms with E-state index in [0.29, 0.717) is 0 Å². The predicted octanol–water partition coefficient (Wildman–Crippen LogP) is 1.06. The summed E-state index contributed by atoms with van der Waals surface area (Å²) in [5.74, 6) is 2.04. The lowest BCUT2D eigenvalue weighted by Gasteiger charge is -2.42. The number of nitrogens with two attached hydrogens (primary N) is 1. The summed E-state index contributed by atoms with van der Waals surface area (Å²) in [7, 11) is 0. The second kappa shape index (κ2) is 4.74. The molecule has 1 heterocycles. The summed E-state index contributed by atoms with van der Waals surface area (Å²) in [6.45, 7) is 7.39. The van der Waals surface area contributed by atoms with Gasteiger partial charge in [-0.2, -0.15) is 0 Å². The minimum absolute atomic E-state index is 0.0973. The fourth-order valence-electron chi connectivity index (χ4n) is 4.32. The molecule has 0 spiro atoms. The summed E-state index contributed by atoms with van der Waals surface area (Å²) in [5, 5.41) is 0. The van der Waals surface area contributed by atoms with Gasteiger partial charge in [0.1, 0.15) is 0 Å². The maximum absolute atomic E-state index is 12.2. The van der Waals surface area contributed by atoms with Crippen molar-refractivity contribution in [2.45, 2.75) is 51.1 Å². The molecule has 3 rings (SSSR count). The van der Waals surface area contributed by atoms with Crippen molar-refractivity contribution in [1.29, 1.82) is 0 Å². The van der Waals surface area contributed by atoms with E-state index in [1.807, 2.05) is 4.90 Å². The second-order valence-electron chi connectivity index (χ2n) is 7.29. The van der Waals surface area contributed by atoms with Gasteiger partial charge in [0.15, 0.2) is 0 Å². The number of hydrogen-bond donors (Lipinski definition) is 1. The third kappa shape index (κ3) is 2.52. The van der Waals surface area contributed by atoms with Crippen molar-refractivity contribution in [2.75, 3.05) is 26.2 Å². The van der Waals surface area contributed by atoms with Gasteiger partial charge < -0.3 is 10.6 Å². The lowest BCUT2D eigenvalue weighted by Crippen LogP contribution is -2.58. The summed E-state index contributed by atoms with van der Waals surface area (Å²) in [6.07, 6.45) is 5.76. The summed E-state index contributed by atoms with van der Waals surface area (Å²) in [6, 6.07) is 0.807. The van der Waals surface area contributed by atoms with Crippen LogP contribution in [0.2, 0.25) is 0 Å². The number of piperazine rings is 1. The first-order chi connectivity index (χ1) is 8.95. The highest BCUT2D eigenvalue weighted by molar-refractivity contribution is 5.85. The Kier molecular flexibility index (Phi) is 3.34. The Labute approximate surface area is 116 Å². The monoisotopic (exact) mass is 265 g/mol. The molecule has 4 heteroatoms. The number of carbonyl (C=O) groups is 1. The van der Waals surface area contributed by atoms with Crippen LogP contribution in [0.25, 0.3) is 0 Å². The van der Waals surface area contributed by atoms with Gasteiger partial charge in [0, 0.05) is 32.2 Å². The Bertz CT molecular complexity index is 355. The Morgan fingerprint density at radius 1 is 1.11 bits per heavy atom. The Morgan fingerprint density at radius 2 is 1.79 bits per heavy atom. The minimum Gasteiger partial charge on any atom is -0.339 e. The number of amides is 1. The van der Waals surface area contributed by atoms with Gasteiger partial charge in [-0.15, -0.1) is 0 Å². The SMILES string of the molecule is CC(C)(N)C(=O)N1CCN(C2CC3CCC2C3)CC1. The molecular weight excluding hydrogens is 238 g/mol. The molecule has 3 atom stereocenters. The number of hydrogen-bond acceptors (Lipinski definition) is 3. The molecule has 108 valence electrons. The molecule has 0 radical (unpaired) electrons. The van der Waals surface area contributed by atoms with E-state index in [2.05, 4.69) is 4.90 Å². The van der Waals surface area contributed by atoms with E-state index in [4.69, 9.17) is 5.73 Å². The average Bonchev–Trinajstić information content (AvgIpc) is 2.99. The Morgan fingerprint density at radius 3 is 2.26 bits per heavy atom. The van der Waals surface area contributed by atoms with Gasteiger partial charge in [-0.3, -0.25) is 9.69 Å². The molecule has 0 aromatic rings. The van der Waals surface area contributed by atoms with Gasteiger partial charge in [0.05, 0.1) is 5.54 Å². The van der Waals surface area contributed by atoms with Gasteiger partial charge in [0.25, 0.3) is 0 Å². The van der Waals surface area contributed by atoms with Crippen LogP contribution in [-0.4, -0.2) is 53.5 Å². The fraction of sp³-hybridized carbons (Fsp3) is 0.933. The van der Waals surface area contributed by atoms with Crippen molar-refractivity contribution in [1.82, 2.24) is 9.80 Å². The van der Waals surface area contributed by atoms with E-state index >= 15 is 0 Å². The van der Waals surface area contributed by atoms with Crippen LogP contribution in [0.15, 0.2) is 0 Å². The molecule has 19 heavy (non-hydrogen) atoms. The quantitative estimate of drug-likeness (QED) is 0.812. The molecule has 3 fully saturated rings. The largest absolute Gasteiger partial charge is 0.339 e. The van der Waals surface area contributed by atoms with E-state index < -0.39 is 5.54 Å². The molecule has 3 aliphatic rings. The molecule has 1 amide bonds. The van der Waals surface area contributed by atoms with E-state index in [9.17, 15) is 4.79 Å². The highest BCUT2D eigenvalue weighted by Gasteiger charge is 2.43. The first-order valence-corrected chi connectivity index (χ1v) is 7.77. The number of nitrogens with zero attached hydrogens (tertiary/aromatic N) is 2. The first kappa shape index (κ1) is 13.4. The number of carbonyl (C=O) groups excluding carboxylic acids is 1. The molecule has 2 N–H and O–H groups in total. The van der Waals surface area contributed by atoms with Crippen molar-refractivity contribution in [3.63, 3.8) is 0 Å². The molecule has 2 saturated carbocycles. The zero-order valence-corrected chi connectivity index (χ0v) is 12.3. The van der Waals surface area contributed by atoms with E-state index in [1.54, 1.807) is 13.8 Å². The zero-order chi connectivity index (χ0) is 13.6. The molecule has 3 unspecified atom stereocenters. The van der Waals surface area contributed by atoms with Crippen LogP contribution in [0.4, 0.5) is 0 Å². The van der Waals surface area contributed by atoms with Crippen LogP contribution in [0.1, 0.15) is 39.5 Å². The van der Waals surface area contributed by atoms with Crippen LogP contribution < -0.4 is 5.73 Å². The molecular formula is C15H27N3O. The van der Waals surface area contributed by atoms with E-state index in [0.717, 1.165) is 44.1 Å². The molecule has 0 aromatic carbocycles. The van der Waals surface area contributed by atoms with Crippen molar-refractivity contribution in [2.24, 2.45) is 17.6 Å². The Hall–Kier alpha value is -0.610. The molecule has 2 bridgehead atoms. The third-order valence-corrected chi connectivity index (χ3v) is 5.32. The summed E-state index contributed by atoms with van der Waals surface area (Å²) >= 11 is 0. The maximum atomic E-state index is 12.2.